The Bertz CT molecular complexity index is 6680. The SMILES string of the molecule is c1ccc(-c2ccccc2N(c2ccccc2)c2cc3c4c(c2)N(c2ccccc2-c2ccccc2)c2ccccc2B4c2cc4c(cc2O3)N(c2ccc3[se]c5ccccc5c3c2)c2cc(N(c3ccccc3)c3ccccc3-c3ccccc3)cc3c2B4c2ccccc2N3c2ccccc2-c2ccccc2)cc1. The Labute approximate surface area is 652 Å². The number of benzene rings is 17. The maximum atomic E-state index is 8.12. The van der Waals surface area contributed by atoms with Crippen molar-refractivity contribution in [1.82, 2.24) is 0 Å². The van der Waals surface area contributed by atoms with E-state index >= 15 is 0 Å². The van der Waals surface area contributed by atoms with Crippen LogP contribution in [-0.4, -0.2) is 27.9 Å². The van der Waals surface area contributed by atoms with Gasteiger partial charge in [-0.1, -0.05) is 206 Å². The monoisotopic (exact) mass is 1480 g/mol. The van der Waals surface area contributed by atoms with Crippen molar-refractivity contribution in [2.45, 2.75) is 0 Å². The summed E-state index contributed by atoms with van der Waals surface area (Å²) in [4.78, 5) is 12.7. The first-order chi connectivity index (χ1) is 55.1. The van der Waals surface area contributed by atoms with Crippen LogP contribution in [0.2, 0.25) is 0 Å². The van der Waals surface area contributed by atoms with Gasteiger partial charge in [0.05, 0.1) is 11.4 Å². The fourth-order valence-corrected chi connectivity index (χ4v) is 20.4. The van der Waals surface area contributed by atoms with Gasteiger partial charge in [0.25, 0.3) is 0 Å². The number of hydrogen-bond acceptors (Lipinski definition) is 6. The molecule has 22 rings (SSSR count). The van der Waals surface area contributed by atoms with Gasteiger partial charge < -0.3 is 9.80 Å². The molecule has 0 N–H and O–H groups in total. The molecule has 0 amide bonds. The van der Waals surface area contributed by atoms with E-state index < -0.39 is 0 Å². The van der Waals surface area contributed by atoms with Gasteiger partial charge in [-0.2, -0.15) is 0 Å². The Morgan fingerprint density at radius 1 is 0.234 bits per heavy atom. The van der Waals surface area contributed by atoms with Crippen LogP contribution in [0.1, 0.15) is 0 Å². The molecule has 17 aromatic carbocycles. The van der Waals surface area contributed by atoms with E-state index in [0.717, 1.165) is 152 Å². The van der Waals surface area contributed by atoms with Crippen LogP contribution in [0.25, 0.3) is 63.8 Å². The van der Waals surface area contributed by atoms with Gasteiger partial charge in [0.15, 0.2) is 0 Å². The smallest absolute Gasteiger partial charge is 0.0622 e. The maximum absolute atomic E-state index is 8.12. The summed E-state index contributed by atoms with van der Waals surface area (Å²) in [5, 5.41) is 2.58. The second-order valence-corrected chi connectivity index (χ2v) is 31.2. The van der Waals surface area contributed by atoms with Crippen LogP contribution in [0, 0.1) is 0 Å². The van der Waals surface area contributed by atoms with Gasteiger partial charge in [0, 0.05) is 16.8 Å². The number of fused-ring (bicyclic) bond motifs is 11. The molecule has 6 nitrogen and oxygen atoms in total. The summed E-state index contributed by atoms with van der Waals surface area (Å²) in [6.45, 7) is -0.540. The molecule has 18 aromatic rings. The quantitative estimate of drug-likeness (QED) is 0.107. The second-order valence-electron chi connectivity index (χ2n) is 29.0. The summed E-state index contributed by atoms with van der Waals surface area (Å²) in [7, 11) is 0. The molecular weight excluding hydrogens is 1410 g/mol. The third-order valence-electron chi connectivity index (χ3n) is 22.8. The molecule has 0 atom stereocenters. The van der Waals surface area contributed by atoms with E-state index in [1.165, 1.54) is 41.1 Å². The Kier molecular flexibility index (Phi) is 15.4. The van der Waals surface area contributed by atoms with Crippen LogP contribution in [0.4, 0.5) is 85.3 Å². The Hall–Kier alpha value is -13.8. The van der Waals surface area contributed by atoms with E-state index in [9.17, 15) is 0 Å². The normalized spacial score (nSPS) is 12.7. The van der Waals surface area contributed by atoms with Gasteiger partial charge in [0.2, 0.25) is 0 Å². The van der Waals surface area contributed by atoms with Gasteiger partial charge in [-0.3, -0.25) is 0 Å². The minimum Gasteiger partial charge on any atom is -0.0622 e. The molecular formula is C102H67B2N5OSe. The Morgan fingerprint density at radius 3 is 1.16 bits per heavy atom. The first-order valence-electron chi connectivity index (χ1n) is 38.1. The van der Waals surface area contributed by atoms with Crippen molar-refractivity contribution in [3.05, 3.63) is 406 Å². The predicted octanol–water partition coefficient (Wildman–Crippen LogP) is 23.1. The minimum atomic E-state index is -0.274. The van der Waals surface area contributed by atoms with Crippen LogP contribution in [-0.2, 0) is 0 Å². The Morgan fingerprint density at radius 2 is 0.631 bits per heavy atom. The molecule has 5 heterocycles. The molecule has 1 aromatic heterocycles. The number of para-hydroxylation sites is 8. The number of nitrogens with zero attached hydrogens (tertiary/aromatic N) is 5. The molecule has 0 bridgehead atoms. The third kappa shape index (κ3) is 10.6. The summed E-state index contributed by atoms with van der Waals surface area (Å²) in [6.07, 6.45) is 0. The van der Waals surface area contributed by atoms with E-state index in [1.807, 2.05) is 0 Å². The third-order valence-corrected chi connectivity index (χ3v) is 25.2. The van der Waals surface area contributed by atoms with E-state index in [-0.39, 0.29) is 27.9 Å². The molecule has 518 valence electrons. The van der Waals surface area contributed by atoms with Crippen LogP contribution in [0.5, 0.6) is 11.5 Å². The van der Waals surface area contributed by atoms with Gasteiger partial charge in [-0.15, -0.1) is 0 Å². The van der Waals surface area contributed by atoms with E-state index in [1.54, 1.807) is 0 Å². The van der Waals surface area contributed by atoms with Gasteiger partial charge in [-0.25, -0.2) is 0 Å². The van der Waals surface area contributed by atoms with Crippen molar-refractivity contribution in [3.63, 3.8) is 0 Å². The standard InChI is InChI=1S/C102H67B2N5OSe/c1-7-33-68(34-8-1)77-45-19-26-52-87(77)105(72-41-15-5-16-42-72)75-62-94-101-95(63-75)108(89-54-28-21-47-79(89)70-37-11-3-12-38-70)91-56-30-24-50-83(91)103(101)85-66-86-97(67-93(85)107(94)74-59-60-100-82(61-74)81-49-23-32-58-99(81)111-100)110-98-65-76(106(73-43-17-6-18-44-73)88-53-27-20-46-78(88)69-35-9-2-10-36-69)64-96-102(98)104(86)84-51-25-31-57-92(84)109(96)90-55-29-22-48-80(90)71-39-13-4-14-40-71/h1-67H. The zero-order chi connectivity index (χ0) is 73.0. The van der Waals surface area contributed by atoms with Gasteiger partial charge >= 0.3 is 365 Å². The molecule has 0 saturated heterocycles. The average molecular weight is 1480 g/mol. The zero-order valence-corrected chi connectivity index (χ0v) is 62.1. The number of anilines is 15. The number of hydrogen-bond donors (Lipinski definition) is 0. The van der Waals surface area contributed by atoms with Crippen molar-refractivity contribution in [2.75, 3.05) is 24.5 Å². The summed E-state index contributed by atoms with van der Waals surface area (Å²) in [6, 6.07) is 150. The molecule has 0 unspecified atom stereocenters. The molecule has 9 heteroatoms. The van der Waals surface area contributed by atoms with E-state index in [2.05, 4.69) is 431 Å². The fourth-order valence-electron chi connectivity index (χ4n) is 18.1. The van der Waals surface area contributed by atoms with Crippen molar-refractivity contribution < 1.29 is 4.74 Å². The molecule has 111 heavy (non-hydrogen) atoms. The summed E-state index contributed by atoms with van der Waals surface area (Å²) >= 11 is 0.139. The molecule has 0 saturated carbocycles. The zero-order valence-electron chi connectivity index (χ0n) is 60.4. The summed E-state index contributed by atoms with van der Waals surface area (Å²) in [5.41, 5.74) is 32.0. The van der Waals surface area contributed by atoms with Gasteiger partial charge in [0.1, 0.15) is 0 Å². The number of ether oxygens (including phenoxy) is 1. The van der Waals surface area contributed by atoms with Crippen molar-refractivity contribution >= 4 is 165 Å². The van der Waals surface area contributed by atoms with Crippen molar-refractivity contribution in [3.8, 4) is 56.0 Å². The van der Waals surface area contributed by atoms with Gasteiger partial charge in [-0.05, 0) is 47.5 Å². The number of rotatable bonds is 13. The molecule has 0 radical (unpaired) electrons. The molecule has 0 fully saturated rings. The van der Waals surface area contributed by atoms with Crippen LogP contribution in [0.3, 0.4) is 0 Å². The first kappa shape index (κ1) is 64.4. The first-order valence-corrected chi connectivity index (χ1v) is 39.8. The Balaban J connectivity index is 0.845. The predicted molar refractivity (Wildman–Crippen MR) is 469 cm³/mol. The van der Waals surface area contributed by atoms with Crippen LogP contribution in [0.15, 0.2) is 406 Å². The summed E-state index contributed by atoms with van der Waals surface area (Å²) in [5.74, 6) is 1.60. The van der Waals surface area contributed by atoms with E-state index in [4.69, 9.17) is 4.74 Å². The summed E-state index contributed by atoms with van der Waals surface area (Å²) < 4.78 is 10.9. The fraction of sp³-hybridized carbons (Fsp3) is 0. The topological polar surface area (TPSA) is 25.4 Å². The van der Waals surface area contributed by atoms with Crippen molar-refractivity contribution in [1.29, 1.82) is 0 Å². The average Bonchev–Trinajstić information content (AvgIpc) is 0.886. The molecule has 0 spiro atoms. The molecule has 0 aliphatic carbocycles. The molecule has 4 aliphatic heterocycles. The second kappa shape index (κ2) is 26.5. The minimum absolute atomic E-state index is 0.139. The molecule has 4 aliphatic rings. The van der Waals surface area contributed by atoms with Crippen LogP contribution >= 0.6 is 0 Å². The van der Waals surface area contributed by atoms with E-state index in [0.29, 0.717) is 0 Å². The van der Waals surface area contributed by atoms with Crippen molar-refractivity contribution in [2.24, 2.45) is 0 Å². The van der Waals surface area contributed by atoms with Crippen LogP contribution < -0.4 is 62.0 Å².